The molecule has 1 rings (SSSR count). The molecule has 0 aromatic heterocycles. The molecule has 0 fully saturated rings. The zero-order valence-corrected chi connectivity index (χ0v) is 10.5. The first-order chi connectivity index (χ1) is 8.13. The number of benzene rings is 1. The van der Waals surface area contributed by atoms with Gasteiger partial charge in [0.15, 0.2) is 0 Å². The molecule has 0 heterocycles. The number of halogens is 1. The number of alkyl halides is 1. The number of hydrogen-bond acceptors (Lipinski definition) is 3. The van der Waals surface area contributed by atoms with E-state index in [-0.39, 0.29) is 11.1 Å². The summed E-state index contributed by atoms with van der Waals surface area (Å²) in [5.74, 6) is 0. The number of nitro benzene ring substituents is 1. The first kappa shape index (κ1) is 13.9. The van der Waals surface area contributed by atoms with Gasteiger partial charge in [-0.1, -0.05) is 12.1 Å². The summed E-state index contributed by atoms with van der Waals surface area (Å²) in [7, 11) is 1.63. The van der Waals surface area contributed by atoms with Gasteiger partial charge in [0, 0.05) is 19.2 Å². The van der Waals surface area contributed by atoms with Crippen LogP contribution in [0.15, 0.2) is 24.3 Å². The maximum absolute atomic E-state index is 10.5. The monoisotopic (exact) mass is 257 g/mol. The van der Waals surface area contributed by atoms with Crippen LogP contribution >= 0.6 is 11.6 Å². The summed E-state index contributed by atoms with van der Waals surface area (Å²) < 4.78 is 4.94. The van der Waals surface area contributed by atoms with Crippen molar-refractivity contribution in [3.8, 4) is 0 Å². The Labute approximate surface area is 106 Å². The van der Waals surface area contributed by atoms with E-state index in [1.165, 1.54) is 12.1 Å². The standard InChI is InChI=1S/C12H16ClNO3/c1-17-9-11(13)4-2-3-10-5-7-12(8-6-10)14(15)16/h5-8,11H,2-4,9H2,1H3. The van der Waals surface area contributed by atoms with E-state index in [1.54, 1.807) is 19.2 Å². The molecule has 0 radical (unpaired) electrons. The Bertz CT molecular complexity index is 353. The zero-order valence-electron chi connectivity index (χ0n) is 9.77. The summed E-state index contributed by atoms with van der Waals surface area (Å²) in [4.78, 5) is 10.1. The van der Waals surface area contributed by atoms with Crippen LogP contribution in [0.4, 0.5) is 5.69 Å². The van der Waals surface area contributed by atoms with E-state index >= 15 is 0 Å². The first-order valence-electron chi connectivity index (χ1n) is 5.50. The number of nitrogens with zero attached hydrogens (tertiary/aromatic N) is 1. The van der Waals surface area contributed by atoms with E-state index in [0.29, 0.717) is 6.61 Å². The van der Waals surface area contributed by atoms with E-state index in [2.05, 4.69) is 0 Å². The number of hydrogen-bond donors (Lipinski definition) is 0. The fraction of sp³-hybridized carbons (Fsp3) is 0.500. The maximum atomic E-state index is 10.5. The second kappa shape index (κ2) is 7.25. The topological polar surface area (TPSA) is 52.4 Å². The molecule has 94 valence electrons. The number of non-ortho nitro benzene ring substituents is 1. The molecular formula is C12H16ClNO3. The molecule has 1 aromatic carbocycles. The minimum absolute atomic E-state index is 0.0399. The van der Waals surface area contributed by atoms with Crippen LogP contribution < -0.4 is 0 Å². The molecule has 0 aliphatic carbocycles. The average Bonchev–Trinajstić information content (AvgIpc) is 2.30. The molecule has 17 heavy (non-hydrogen) atoms. The van der Waals surface area contributed by atoms with Gasteiger partial charge in [-0.15, -0.1) is 11.6 Å². The first-order valence-corrected chi connectivity index (χ1v) is 5.93. The van der Waals surface area contributed by atoms with Crippen LogP contribution in [-0.4, -0.2) is 24.0 Å². The number of aryl methyl sites for hydroxylation is 1. The third-order valence-electron chi connectivity index (χ3n) is 2.48. The van der Waals surface area contributed by atoms with Gasteiger partial charge in [-0.05, 0) is 24.8 Å². The maximum Gasteiger partial charge on any atom is 0.269 e. The lowest BCUT2D eigenvalue weighted by Gasteiger charge is -2.07. The molecule has 1 atom stereocenters. The zero-order chi connectivity index (χ0) is 12.7. The third-order valence-corrected chi connectivity index (χ3v) is 2.82. The van der Waals surface area contributed by atoms with Crippen molar-refractivity contribution in [1.82, 2.24) is 0 Å². The predicted octanol–water partition coefficient (Wildman–Crippen LogP) is 3.17. The highest BCUT2D eigenvalue weighted by molar-refractivity contribution is 6.20. The minimum atomic E-state index is -0.392. The number of rotatable bonds is 7. The quantitative estimate of drug-likeness (QED) is 0.428. The van der Waals surface area contributed by atoms with Crippen LogP contribution in [0, 0.1) is 10.1 Å². The molecule has 5 heteroatoms. The van der Waals surface area contributed by atoms with Crippen molar-refractivity contribution in [3.63, 3.8) is 0 Å². The molecule has 0 amide bonds. The van der Waals surface area contributed by atoms with Crippen molar-refractivity contribution in [1.29, 1.82) is 0 Å². The van der Waals surface area contributed by atoms with Crippen LogP contribution in [0.2, 0.25) is 0 Å². The fourth-order valence-corrected chi connectivity index (χ4v) is 1.86. The Morgan fingerprint density at radius 3 is 2.59 bits per heavy atom. The Balaban J connectivity index is 2.34. The summed E-state index contributed by atoms with van der Waals surface area (Å²) in [6, 6.07) is 6.64. The molecule has 1 aromatic rings. The summed E-state index contributed by atoms with van der Waals surface area (Å²) in [6.07, 6.45) is 2.71. The van der Waals surface area contributed by atoms with Crippen molar-refractivity contribution in [2.75, 3.05) is 13.7 Å². The van der Waals surface area contributed by atoms with Gasteiger partial charge in [0.2, 0.25) is 0 Å². The number of ether oxygens (including phenoxy) is 1. The molecule has 4 nitrogen and oxygen atoms in total. The molecular weight excluding hydrogens is 242 g/mol. The van der Waals surface area contributed by atoms with Crippen molar-refractivity contribution in [2.45, 2.75) is 24.6 Å². The Kier molecular flexibility index (Phi) is 5.94. The van der Waals surface area contributed by atoms with Crippen molar-refractivity contribution in [3.05, 3.63) is 39.9 Å². The molecule has 0 saturated carbocycles. The predicted molar refractivity (Wildman–Crippen MR) is 67.6 cm³/mol. The van der Waals surface area contributed by atoms with Crippen molar-refractivity contribution >= 4 is 17.3 Å². The summed E-state index contributed by atoms with van der Waals surface area (Å²) in [6.45, 7) is 0.557. The van der Waals surface area contributed by atoms with Gasteiger partial charge in [-0.25, -0.2) is 0 Å². The second-order valence-electron chi connectivity index (χ2n) is 3.87. The SMILES string of the molecule is COCC(Cl)CCCc1ccc([N+](=O)[O-])cc1. The van der Waals surface area contributed by atoms with Gasteiger partial charge in [0.05, 0.1) is 16.9 Å². The molecule has 1 unspecified atom stereocenters. The molecule has 0 saturated heterocycles. The summed E-state index contributed by atoms with van der Waals surface area (Å²) in [5, 5.41) is 10.5. The molecule has 0 spiro atoms. The number of nitro groups is 1. The largest absolute Gasteiger partial charge is 0.383 e. The van der Waals surface area contributed by atoms with Gasteiger partial charge in [0.1, 0.15) is 0 Å². The van der Waals surface area contributed by atoms with Crippen molar-refractivity contribution < 1.29 is 9.66 Å². The van der Waals surface area contributed by atoms with E-state index in [9.17, 15) is 10.1 Å². The lowest BCUT2D eigenvalue weighted by molar-refractivity contribution is -0.384. The van der Waals surface area contributed by atoms with Crippen molar-refractivity contribution in [2.24, 2.45) is 0 Å². The fourth-order valence-electron chi connectivity index (χ4n) is 1.58. The average molecular weight is 258 g/mol. The van der Waals surface area contributed by atoms with E-state index in [4.69, 9.17) is 16.3 Å². The van der Waals surface area contributed by atoms with Gasteiger partial charge in [0.25, 0.3) is 5.69 Å². The van der Waals surface area contributed by atoms with Crippen LogP contribution in [0.3, 0.4) is 0 Å². The second-order valence-corrected chi connectivity index (χ2v) is 4.49. The van der Waals surface area contributed by atoms with Gasteiger partial charge < -0.3 is 4.74 Å². The van der Waals surface area contributed by atoms with Gasteiger partial charge in [-0.3, -0.25) is 10.1 Å². The van der Waals surface area contributed by atoms with E-state index in [0.717, 1.165) is 24.8 Å². The van der Waals surface area contributed by atoms with Crippen LogP contribution in [0.25, 0.3) is 0 Å². The van der Waals surface area contributed by atoms with Gasteiger partial charge in [-0.2, -0.15) is 0 Å². The van der Waals surface area contributed by atoms with E-state index < -0.39 is 4.92 Å². The Morgan fingerprint density at radius 1 is 1.41 bits per heavy atom. The molecule has 0 aliphatic rings. The third kappa shape index (κ3) is 5.15. The highest BCUT2D eigenvalue weighted by Gasteiger charge is 2.06. The molecule has 0 aliphatic heterocycles. The summed E-state index contributed by atoms with van der Waals surface area (Å²) in [5.41, 5.74) is 1.22. The van der Waals surface area contributed by atoms with E-state index in [1.807, 2.05) is 0 Å². The number of methoxy groups -OCH3 is 1. The lowest BCUT2D eigenvalue weighted by atomic mass is 10.1. The smallest absolute Gasteiger partial charge is 0.269 e. The Morgan fingerprint density at radius 2 is 2.06 bits per heavy atom. The van der Waals surface area contributed by atoms with Crippen LogP contribution in [-0.2, 0) is 11.2 Å². The molecule has 0 bridgehead atoms. The Hall–Kier alpha value is -1.13. The lowest BCUT2D eigenvalue weighted by Crippen LogP contribution is -2.07. The molecule has 0 N–H and O–H groups in total. The van der Waals surface area contributed by atoms with Gasteiger partial charge >= 0.3 is 0 Å². The highest BCUT2D eigenvalue weighted by atomic mass is 35.5. The van der Waals surface area contributed by atoms with Crippen LogP contribution in [0.5, 0.6) is 0 Å². The van der Waals surface area contributed by atoms with Crippen LogP contribution in [0.1, 0.15) is 18.4 Å². The minimum Gasteiger partial charge on any atom is -0.383 e. The summed E-state index contributed by atoms with van der Waals surface area (Å²) >= 11 is 6.00. The highest BCUT2D eigenvalue weighted by Crippen LogP contribution is 2.15. The normalized spacial score (nSPS) is 12.4.